The van der Waals surface area contributed by atoms with Gasteiger partial charge in [0.15, 0.2) is 5.13 Å². The lowest BCUT2D eigenvalue weighted by Crippen LogP contribution is -2.09. The highest BCUT2D eigenvalue weighted by molar-refractivity contribution is 7.17. The number of carboxylic acid groups (broad SMARTS) is 1. The molecule has 0 bridgehead atoms. The van der Waals surface area contributed by atoms with Crippen LogP contribution >= 0.6 is 22.7 Å². The molecule has 0 aliphatic heterocycles. The highest BCUT2D eigenvalue weighted by Gasteiger charge is 2.13. The smallest absolute Gasteiger partial charge is 0.345 e. The molecule has 0 saturated heterocycles. The summed E-state index contributed by atoms with van der Waals surface area (Å²) >= 11 is 2.31. The van der Waals surface area contributed by atoms with Crippen molar-refractivity contribution in [3.63, 3.8) is 0 Å². The zero-order valence-electron chi connectivity index (χ0n) is 8.76. The summed E-state index contributed by atoms with van der Waals surface area (Å²) in [5.41, 5.74) is 0. The van der Waals surface area contributed by atoms with E-state index in [1.807, 2.05) is 6.92 Å². The molecule has 0 aromatic carbocycles. The maximum Gasteiger partial charge on any atom is 0.345 e. The number of nitrogens with one attached hydrogen (secondary N) is 1. The number of amides is 1. The van der Waals surface area contributed by atoms with E-state index < -0.39 is 5.97 Å². The number of rotatable bonds is 3. The first-order valence-electron chi connectivity index (χ1n) is 4.63. The van der Waals surface area contributed by atoms with Crippen molar-refractivity contribution < 1.29 is 14.7 Å². The normalized spacial score (nSPS) is 10.2. The van der Waals surface area contributed by atoms with Gasteiger partial charge in [-0.25, -0.2) is 9.78 Å². The summed E-state index contributed by atoms with van der Waals surface area (Å²) in [5.74, 6) is -1.36. The van der Waals surface area contributed by atoms with Crippen LogP contribution in [-0.4, -0.2) is 22.0 Å². The monoisotopic (exact) mass is 268 g/mol. The molecular weight excluding hydrogens is 260 g/mol. The molecule has 0 unspecified atom stereocenters. The predicted molar refractivity (Wildman–Crippen MR) is 66.1 cm³/mol. The van der Waals surface area contributed by atoms with Gasteiger partial charge in [-0.3, -0.25) is 10.1 Å². The van der Waals surface area contributed by atoms with Crippen LogP contribution in [0, 0.1) is 6.92 Å². The summed E-state index contributed by atoms with van der Waals surface area (Å²) in [6, 6.07) is 2.90. The predicted octanol–water partition coefficient (Wildman–Crippen LogP) is 2.46. The third kappa shape index (κ3) is 2.69. The van der Waals surface area contributed by atoms with E-state index in [-0.39, 0.29) is 10.8 Å². The second-order valence-corrected chi connectivity index (χ2v) is 5.52. The van der Waals surface area contributed by atoms with Gasteiger partial charge in [-0.15, -0.1) is 22.7 Å². The Hall–Kier alpha value is -1.73. The summed E-state index contributed by atoms with van der Waals surface area (Å²) < 4.78 is 0. The Kier molecular flexibility index (Phi) is 3.21. The zero-order chi connectivity index (χ0) is 12.4. The minimum atomic E-state index is -1.03. The van der Waals surface area contributed by atoms with E-state index in [9.17, 15) is 9.59 Å². The van der Waals surface area contributed by atoms with E-state index >= 15 is 0 Å². The molecule has 0 radical (unpaired) electrons. The number of carboxylic acids is 1. The lowest BCUT2D eigenvalue weighted by molar-refractivity contribution is 0.0702. The Morgan fingerprint density at radius 1 is 1.29 bits per heavy atom. The van der Waals surface area contributed by atoms with Gasteiger partial charge in [-0.05, 0) is 19.1 Å². The van der Waals surface area contributed by atoms with Crippen LogP contribution in [0.5, 0.6) is 0 Å². The number of carbonyl (C=O) groups excluding carboxylic acids is 1. The molecule has 0 saturated carbocycles. The van der Waals surface area contributed by atoms with Crippen molar-refractivity contribution in [1.82, 2.24) is 4.98 Å². The number of aromatic nitrogens is 1. The average molecular weight is 268 g/mol. The second-order valence-electron chi connectivity index (χ2n) is 3.20. The van der Waals surface area contributed by atoms with Crippen molar-refractivity contribution in [3.8, 4) is 0 Å². The largest absolute Gasteiger partial charge is 0.477 e. The second kappa shape index (κ2) is 4.64. The first-order chi connectivity index (χ1) is 8.06. The molecule has 7 heteroatoms. The topological polar surface area (TPSA) is 79.3 Å². The zero-order valence-corrected chi connectivity index (χ0v) is 10.4. The van der Waals surface area contributed by atoms with Gasteiger partial charge in [0, 0.05) is 11.1 Å². The number of nitrogens with zero attached hydrogens (tertiary/aromatic N) is 1. The molecule has 2 heterocycles. The van der Waals surface area contributed by atoms with Crippen molar-refractivity contribution in [2.45, 2.75) is 6.92 Å². The Labute approximate surface area is 105 Å². The lowest BCUT2D eigenvalue weighted by atomic mass is 10.4. The van der Waals surface area contributed by atoms with Crippen molar-refractivity contribution in [1.29, 1.82) is 0 Å². The number of aryl methyl sites for hydroxylation is 1. The van der Waals surface area contributed by atoms with Crippen LogP contribution in [0.3, 0.4) is 0 Å². The van der Waals surface area contributed by atoms with E-state index in [4.69, 9.17) is 5.11 Å². The van der Waals surface area contributed by atoms with Crippen LogP contribution in [0.25, 0.3) is 0 Å². The van der Waals surface area contributed by atoms with Crippen LogP contribution in [0.4, 0.5) is 5.13 Å². The van der Waals surface area contributed by atoms with Crippen molar-refractivity contribution in [2.75, 3.05) is 5.32 Å². The summed E-state index contributed by atoms with van der Waals surface area (Å²) in [6.45, 7) is 1.89. The van der Waals surface area contributed by atoms with Gasteiger partial charge in [0.25, 0.3) is 5.91 Å². The molecule has 2 rings (SSSR count). The minimum Gasteiger partial charge on any atom is -0.477 e. The molecule has 0 aliphatic rings. The van der Waals surface area contributed by atoms with Gasteiger partial charge < -0.3 is 5.11 Å². The number of carbonyl (C=O) groups is 2. The molecule has 88 valence electrons. The van der Waals surface area contributed by atoms with Gasteiger partial charge in [0.1, 0.15) is 4.88 Å². The van der Waals surface area contributed by atoms with Gasteiger partial charge in [0.05, 0.1) is 4.88 Å². The standard InChI is InChI=1S/C10H8N2O3S2/c1-5-4-11-10(16-5)12-8(13)6-2-3-7(17-6)9(14)15/h2-4H,1H3,(H,14,15)(H,11,12,13). The van der Waals surface area contributed by atoms with Crippen molar-refractivity contribution in [2.24, 2.45) is 0 Å². The van der Waals surface area contributed by atoms with Gasteiger partial charge in [-0.2, -0.15) is 0 Å². The van der Waals surface area contributed by atoms with Crippen LogP contribution in [-0.2, 0) is 0 Å². The van der Waals surface area contributed by atoms with E-state index in [0.717, 1.165) is 16.2 Å². The SMILES string of the molecule is Cc1cnc(NC(=O)c2ccc(C(=O)O)s2)s1. The number of thiazole rings is 1. The van der Waals surface area contributed by atoms with Gasteiger partial charge in [0.2, 0.25) is 0 Å². The number of aromatic carboxylic acids is 1. The van der Waals surface area contributed by atoms with E-state index in [0.29, 0.717) is 10.0 Å². The van der Waals surface area contributed by atoms with Gasteiger partial charge >= 0.3 is 5.97 Å². The number of anilines is 1. The summed E-state index contributed by atoms with van der Waals surface area (Å²) in [4.78, 5) is 27.9. The molecule has 0 atom stereocenters. The minimum absolute atomic E-state index is 0.144. The summed E-state index contributed by atoms with van der Waals surface area (Å²) in [5, 5.41) is 11.9. The molecule has 0 spiro atoms. The highest BCUT2D eigenvalue weighted by Crippen LogP contribution is 2.20. The third-order valence-electron chi connectivity index (χ3n) is 1.88. The van der Waals surface area contributed by atoms with Crippen LogP contribution < -0.4 is 5.32 Å². The first kappa shape index (κ1) is 11.7. The molecule has 2 N–H and O–H groups in total. The fourth-order valence-corrected chi connectivity index (χ4v) is 2.55. The highest BCUT2D eigenvalue weighted by atomic mass is 32.1. The molecule has 5 nitrogen and oxygen atoms in total. The maximum absolute atomic E-state index is 11.7. The molecule has 0 aliphatic carbocycles. The summed E-state index contributed by atoms with van der Waals surface area (Å²) in [7, 11) is 0. The van der Waals surface area contributed by atoms with E-state index in [1.165, 1.54) is 23.5 Å². The molecule has 2 aromatic rings. The van der Waals surface area contributed by atoms with E-state index in [1.54, 1.807) is 6.20 Å². The molecule has 2 aromatic heterocycles. The average Bonchev–Trinajstić information content (AvgIpc) is 2.86. The molecule has 17 heavy (non-hydrogen) atoms. The Morgan fingerprint density at radius 3 is 2.53 bits per heavy atom. The van der Waals surface area contributed by atoms with Crippen LogP contribution in [0.1, 0.15) is 24.2 Å². The number of hydrogen-bond donors (Lipinski definition) is 2. The quantitative estimate of drug-likeness (QED) is 0.896. The van der Waals surface area contributed by atoms with Crippen LogP contribution in [0.15, 0.2) is 18.3 Å². The van der Waals surface area contributed by atoms with Crippen molar-refractivity contribution >= 4 is 39.7 Å². The Balaban J connectivity index is 2.11. The maximum atomic E-state index is 11.7. The number of thiophene rings is 1. The number of hydrogen-bond acceptors (Lipinski definition) is 5. The Morgan fingerprint density at radius 2 is 2.00 bits per heavy atom. The third-order valence-corrected chi connectivity index (χ3v) is 3.78. The Bertz CT molecular complexity index is 574. The van der Waals surface area contributed by atoms with E-state index in [2.05, 4.69) is 10.3 Å². The molecule has 1 amide bonds. The van der Waals surface area contributed by atoms with Gasteiger partial charge in [-0.1, -0.05) is 0 Å². The fourth-order valence-electron chi connectivity index (χ4n) is 1.15. The van der Waals surface area contributed by atoms with Crippen molar-refractivity contribution in [3.05, 3.63) is 33.0 Å². The molecule has 0 fully saturated rings. The molecular formula is C10H8N2O3S2. The lowest BCUT2D eigenvalue weighted by Gasteiger charge is -1.97. The first-order valence-corrected chi connectivity index (χ1v) is 6.26. The fraction of sp³-hybridized carbons (Fsp3) is 0.100. The van der Waals surface area contributed by atoms with Crippen LogP contribution in [0.2, 0.25) is 0 Å². The summed E-state index contributed by atoms with van der Waals surface area (Å²) in [6.07, 6.45) is 1.66.